The van der Waals surface area contributed by atoms with Gasteiger partial charge in [-0.25, -0.2) is 0 Å². The molecule has 4 nitrogen and oxygen atoms in total. The largest absolute Gasteiger partial charge is 0.508 e. The molecule has 1 saturated heterocycles. The standard InChI is InChI=1S/C24H32N2O2/c1-5-13-25-15-18(3)26(16-17(25)2)24(22-7-6-8-23(28)14-22)21-11-9-20(10-12-21)19(4)27/h6-12,14,17-18,24,28H,5,13,15-16H2,1-4H3/t17-,18-,24?/m1/s1. The lowest BCUT2D eigenvalue weighted by atomic mass is 9.92. The number of nitrogens with zero attached hydrogens (tertiary/aromatic N) is 2. The highest BCUT2D eigenvalue weighted by Gasteiger charge is 2.34. The normalized spacial score (nSPS) is 22.1. The first-order valence-corrected chi connectivity index (χ1v) is 10.3. The molecule has 1 N–H and O–H groups in total. The number of carbonyl (C=O) groups excluding carboxylic acids is 1. The first kappa shape index (κ1) is 20.6. The number of hydrogen-bond donors (Lipinski definition) is 1. The maximum atomic E-state index is 11.7. The van der Waals surface area contributed by atoms with Crippen LogP contribution in [0.2, 0.25) is 0 Å². The summed E-state index contributed by atoms with van der Waals surface area (Å²) in [6, 6.07) is 16.4. The molecule has 1 heterocycles. The van der Waals surface area contributed by atoms with Gasteiger partial charge in [-0.2, -0.15) is 0 Å². The Balaban J connectivity index is 1.98. The quantitative estimate of drug-likeness (QED) is 0.750. The Morgan fingerprint density at radius 2 is 1.79 bits per heavy atom. The van der Waals surface area contributed by atoms with E-state index in [9.17, 15) is 9.90 Å². The summed E-state index contributed by atoms with van der Waals surface area (Å²) in [4.78, 5) is 16.8. The molecule has 2 aromatic rings. The molecular weight excluding hydrogens is 348 g/mol. The maximum Gasteiger partial charge on any atom is 0.159 e. The Morgan fingerprint density at radius 1 is 1.07 bits per heavy atom. The van der Waals surface area contributed by atoms with Gasteiger partial charge in [-0.1, -0.05) is 43.3 Å². The van der Waals surface area contributed by atoms with E-state index in [0.29, 0.717) is 12.1 Å². The van der Waals surface area contributed by atoms with Gasteiger partial charge in [0.05, 0.1) is 6.04 Å². The van der Waals surface area contributed by atoms with Gasteiger partial charge in [0.25, 0.3) is 0 Å². The minimum Gasteiger partial charge on any atom is -0.508 e. The van der Waals surface area contributed by atoms with Gasteiger partial charge >= 0.3 is 0 Å². The van der Waals surface area contributed by atoms with Gasteiger partial charge in [0.15, 0.2) is 5.78 Å². The molecule has 0 aliphatic carbocycles. The lowest BCUT2D eigenvalue weighted by Gasteiger charge is -2.47. The molecule has 0 saturated carbocycles. The van der Waals surface area contributed by atoms with Gasteiger partial charge in [0.2, 0.25) is 0 Å². The summed E-state index contributed by atoms with van der Waals surface area (Å²) in [7, 11) is 0. The molecule has 2 aromatic carbocycles. The van der Waals surface area contributed by atoms with E-state index in [0.717, 1.165) is 36.3 Å². The van der Waals surface area contributed by atoms with Crippen molar-refractivity contribution in [2.75, 3.05) is 19.6 Å². The zero-order chi connectivity index (χ0) is 20.3. The Morgan fingerprint density at radius 3 is 2.39 bits per heavy atom. The summed E-state index contributed by atoms with van der Waals surface area (Å²) < 4.78 is 0. The number of piperazine rings is 1. The van der Waals surface area contributed by atoms with Crippen LogP contribution >= 0.6 is 0 Å². The minimum atomic E-state index is 0.0503. The summed E-state index contributed by atoms with van der Waals surface area (Å²) in [6.45, 7) is 11.5. The Kier molecular flexibility index (Phi) is 6.53. The molecule has 0 spiro atoms. The molecule has 1 fully saturated rings. The second-order valence-electron chi connectivity index (χ2n) is 8.07. The van der Waals surface area contributed by atoms with Crippen LogP contribution in [0.1, 0.15) is 61.6 Å². The molecule has 3 atom stereocenters. The number of ketones is 1. The van der Waals surface area contributed by atoms with Crippen LogP contribution in [-0.4, -0.2) is 52.4 Å². The lowest BCUT2D eigenvalue weighted by Crippen LogP contribution is -2.57. The molecule has 1 aliphatic heterocycles. The molecule has 4 heteroatoms. The van der Waals surface area contributed by atoms with Crippen LogP contribution < -0.4 is 0 Å². The highest BCUT2D eigenvalue weighted by Crippen LogP contribution is 2.34. The average molecular weight is 381 g/mol. The molecule has 0 radical (unpaired) electrons. The highest BCUT2D eigenvalue weighted by molar-refractivity contribution is 5.94. The van der Waals surface area contributed by atoms with E-state index < -0.39 is 0 Å². The van der Waals surface area contributed by atoms with Gasteiger partial charge in [-0.05, 0) is 57.0 Å². The third-order valence-corrected chi connectivity index (χ3v) is 5.82. The van der Waals surface area contributed by atoms with Crippen molar-refractivity contribution in [2.45, 2.75) is 52.2 Å². The van der Waals surface area contributed by atoms with Crippen molar-refractivity contribution in [2.24, 2.45) is 0 Å². The summed E-state index contributed by atoms with van der Waals surface area (Å²) in [5, 5.41) is 10.1. The first-order chi connectivity index (χ1) is 13.4. The molecule has 1 unspecified atom stereocenters. The summed E-state index contributed by atoms with van der Waals surface area (Å²) >= 11 is 0. The average Bonchev–Trinajstić information content (AvgIpc) is 2.66. The Hall–Kier alpha value is -2.17. The van der Waals surface area contributed by atoms with Crippen molar-refractivity contribution in [1.82, 2.24) is 9.80 Å². The van der Waals surface area contributed by atoms with Crippen molar-refractivity contribution in [1.29, 1.82) is 0 Å². The molecule has 150 valence electrons. The Bertz CT molecular complexity index is 803. The van der Waals surface area contributed by atoms with E-state index in [1.54, 1.807) is 13.0 Å². The number of Topliss-reactive ketones (excluding diaryl/α,β-unsaturated/α-hetero) is 1. The lowest BCUT2D eigenvalue weighted by molar-refractivity contribution is 0.0241. The molecule has 3 rings (SSSR count). The van der Waals surface area contributed by atoms with Crippen molar-refractivity contribution < 1.29 is 9.90 Å². The van der Waals surface area contributed by atoms with Crippen LogP contribution in [0.5, 0.6) is 5.75 Å². The second kappa shape index (κ2) is 8.89. The van der Waals surface area contributed by atoms with E-state index in [-0.39, 0.29) is 17.6 Å². The maximum absolute atomic E-state index is 11.7. The van der Waals surface area contributed by atoms with E-state index in [1.165, 1.54) is 6.42 Å². The van der Waals surface area contributed by atoms with Gasteiger partial charge in [-0.3, -0.25) is 14.6 Å². The number of carbonyl (C=O) groups is 1. The molecule has 0 bridgehead atoms. The summed E-state index contributed by atoms with van der Waals surface area (Å²) in [5.41, 5.74) is 2.96. The van der Waals surface area contributed by atoms with Crippen LogP contribution in [0.25, 0.3) is 0 Å². The fourth-order valence-electron chi connectivity index (χ4n) is 4.35. The van der Waals surface area contributed by atoms with Crippen LogP contribution in [0.3, 0.4) is 0 Å². The predicted octanol–water partition coefficient (Wildman–Crippen LogP) is 4.49. The van der Waals surface area contributed by atoms with Gasteiger partial charge in [-0.15, -0.1) is 0 Å². The van der Waals surface area contributed by atoms with Gasteiger partial charge < -0.3 is 5.11 Å². The number of hydrogen-bond acceptors (Lipinski definition) is 4. The number of benzene rings is 2. The fourth-order valence-corrected chi connectivity index (χ4v) is 4.35. The molecule has 0 amide bonds. The first-order valence-electron chi connectivity index (χ1n) is 10.3. The van der Waals surface area contributed by atoms with E-state index in [2.05, 4.69) is 48.8 Å². The number of rotatable bonds is 6. The number of phenols is 1. The van der Waals surface area contributed by atoms with E-state index >= 15 is 0 Å². The van der Waals surface area contributed by atoms with Crippen LogP contribution in [0.15, 0.2) is 48.5 Å². The third kappa shape index (κ3) is 4.45. The smallest absolute Gasteiger partial charge is 0.159 e. The summed E-state index contributed by atoms with van der Waals surface area (Å²) in [6.07, 6.45) is 1.17. The van der Waals surface area contributed by atoms with Gasteiger partial charge in [0.1, 0.15) is 5.75 Å². The second-order valence-corrected chi connectivity index (χ2v) is 8.07. The van der Waals surface area contributed by atoms with Crippen LogP contribution in [0, 0.1) is 0 Å². The molecule has 1 aliphatic rings. The van der Waals surface area contributed by atoms with Crippen molar-refractivity contribution in [3.05, 3.63) is 65.2 Å². The zero-order valence-corrected chi connectivity index (χ0v) is 17.4. The van der Waals surface area contributed by atoms with Crippen molar-refractivity contribution in [3.63, 3.8) is 0 Å². The van der Waals surface area contributed by atoms with Crippen LogP contribution in [-0.2, 0) is 0 Å². The topological polar surface area (TPSA) is 43.8 Å². The van der Waals surface area contributed by atoms with E-state index in [1.807, 2.05) is 24.3 Å². The summed E-state index contributed by atoms with van der Waals surface area (Å²) in [5.74, 6) is 0.365. The monoisotopic (exact) mass is 380 g/mol. The number of phenolic OH excluding ortho intramolecular Hbond substituents is 1. The Labute approximate surface area is 168 Å². The molecular formula is C24H32N2O2. The minimum absolute atomic E-state index is 0.0503. The number of aromatic hydroxyl groups is 1. The van der Waals surface area contributed by atoms with Gasteiger partial charge in [0, 0.05) is 30.7 Å². The predicted molar refractivity (Wildman–Crippen MR) is 114 cm³/mol. The van der Waals surface area contributed by atoms with Crippen molar-refractivity contribution in [3.8, 4) is 5.75 Å². The molecule has 28 heavy (non-hydrogen) atoms. The zero-order valence-electron chi connectivity index (χ0n) is 17.4. The third-order valence-electron chi connectivity index (χ3n) is 5.82. The fraction of sp³-hybridized carbons (Fsp3) is 0.458. The highest BCUT2D eigenvalue weighted by atomic mass is 16.3. The van der Waals surface area contributed by atoms with Crippen molar-refractivity contribution >= 4 is 5.78 Å². The molecule has 0 aromatic heterocycles. The van der Waals surface area contributed by atoms with Crippen LogP contribution in [0.4, 0.5) is 0 Å². The SMILES string of the molecule is CCCN1C[C@@H](C)N(C(c2ccc(C(C)=O)cc2)c2cccc(O)c2)C[C@H]1C. The van der Waals surface area contributed by atoms with E-state index in [4.69, 9.17) is 0 Å².